The Morgan fingerprint density at radius 3 is 2.85 bits per heavy atom. The van der Waals surface area contributed by atoms with Crippen LogP contribution in [0.25, 0.3) is 10.2 Å². The van der Waals surface area contributed by atoms with E-state index in [1.807, 2.05) is 20.0 Å². The van der Waals surface area contributed by atoms with Gasteiger partial charge in [0.05, 0.1) is 10.6 Å². The van der Waals surface area contributed by atoms with Crippen molar-refractivity contribution in [2.45, 2.75) is 51.7 Å². The maximum absolute atomic E-state index is 12.5. The highest BCUT2D eigenvalue weighted by Crippen LogP contribution is 2.27. The Morgan fingerprint density at radius 2 is 2.19 bits per heavy atom. The zero-order valence-electron chi connectivity index (χ0n) is 15.5. The van der Waals surface area contributed by atoms with Crippen molar-refractivity contribution in [1.82, 2.24) is 25.7 Å². The van der Waals surface area contributed by atoms with Gasteiger partial charge < -0.3 is 16.0 Å². The standard InChI is InChI=1S/C17H25N5O2S.ClH/c1-9-12-8-14(25-17(12)22(4)21-9)16(24)19-11(3)15(23)20-13-6-5-7-18-10(13)2;/h8,10-11,13,18H,5-7H2,1-4H3,(H,19,24)(H,20,23);1H. The van der Waals surface area contributed by atoms with E-state index >= 15 is 0 Å². The Hall–Kier alpha value is -1.64. The first-order valence-electron chi connectivity index (χ1n) is 8.64. The first-order valence-corrected chi connectivity index (χ1v) is 9.46. The molecule has 2 aromatic rings. The quantitative estimate of drug-likeness (QED) is 0.730. The van der Waals surface area contributed by atoms with Crippen LogP contribution in [0, 0.1) is 6.92 Å². The van der Waals surface area contributed by atoms with Crippen molar-refractivity contribution in [3.63, 3.8) is 0 Å². The third-order valence-corrected chi connectivity index (χ3v) is 5.95. The number of aromatic nitrogens is 2. The molecule has 3 atom stereocenters. The zero-order valence-corrected chi connectivity index (χ0v) is 17.1. The Balaban J connectivity index is 0.00000243. The third kappa shape index (κ3) is 4.19. The van der Waals surface area contributed by atoms with Crippen LogP contribution in [0.5, 0.6) is 0 Å². The molecular formula is C17H26ClN5O2S. The fourth-order valence-corrected chi connectivity index (χ4v) is 4.23. The molecule has 1 saturated heterocycles. The van der Waals surface area contributed by atoms with E-state index in [1.165, 1.54) is 11.3 Å². The van der Waals surface area contributed by atoms with Crippen LogP contribution in [0.2, 0.25) is 0 Å². The van der Waals surface area contributed by atoms with Gasteiger partial charge in [-0.25, -0.2) is 0 Å². The molecule has 0 aliphatic carbocycles. The maximum Gasteiger partial charge on any atom is 0.262 e. The van der Waals surface area contributed by atoms with Gasteiger partial charge in [-0.1, -0.05) is 0 Å². The number of thiophene rings is 1. The van der Waals surface area contributed by atoms with Gasteiger partial charge in [0, 0.05) is 24.5 Å². The summed E-state index contributed by atoms with van der Waals surface area (Å²) < 4.78 is 1.78. The molecule has 9 heteroatoms. The van der Waals surface area contributed by atoms with Gasteiger partial charge in [0.1, 0.15) is 10.9 Å². The predicted octanol–water partition coefficient (Wildman–Crippen LogP) is 1.74. The van der Waals surface area contributed by atoms with Gasteiger partial charge in [0.25, 0.3) is 5.91 Å². The lowest BCUT2D eigenvalue weighted by Gasteiger charge is -2.31. The number of carbonyl (C=O) groups excluding carboxylic acids is 2. The van der Waals surface area contributed by atoms with E-state index in [2.05, 4.69) is 28.0 Å². The molecule has 3 rings (SSSR count). The molecule has 0 aromatic carbocycles. The Bertz CT molecular complexity index is 768. The molecule has 1 aliphatic rings. The van der Waals surface area contributed by atoms with E-state index in [-0.39, 0.29) is 36.3 Å². The number of hydrogen-bond acceptors (Lipinski definition) is 5. The second kappa shape index (κ2) is 8.37. The van der Waals surface area contributed by atoms with Crippen molar-refractivity contribution in [2.24, 2.45) is 7.05 Å². The second-order valence-corrected chi connectivity index (χ2v) is 7.76. The molecule has 3 unspecified atom stereocenters. The molecule has 1 aliphatic heterocycles. The molecule has 7 nitrogen and oxygen atoms in total. The Kier molecular flexibility index (Phi) is 6.65. The Morgan fingerprint density at radius 1 is 1.46 bits per heavy atom. The van der Waals surface area contributed by atoms with E-state index in [0.29, 0.717) is 4.88 Å². The van der Waals surface area contributed by atoms with Gasteiger partial charge in [-0.2, -0.15) is 5.10 Å². The average molecular weight is 400 g/mol. The van der Waals surface area contributed by atoms with Crippen molar-refractivity contribution in [3.8, 4) is 0 Å². The number of halogens is 1. The Labute approximate surface area is 163 Å². The van der Waals surface area contributed by atoms with E-state index in [4.69, 9.17) is 0 Å². The van der Waals surface area contributed by atoms with Crippen LogP contribution in [0.3, 0.4) is 0 Å². The minimum atomic E-state index is -0.578. The molecule has 26 heavy (non-hydrogen) atoms. The van der Waals surface area contributed by atoms with Crippen molar-refractivity contribution in [3.05, 3.63) is 16.6 Å². The summed E-state index contributed by atoms with van der Waals surface area (Å²) in [5, 5.41) is 14.5. The summed E-state index contributed by atoms with van der Waals surface area (Å²) in [4.78, 5) is 26.4. The van der Waals surface area contributed by atoms with Crippen LogP contribution in [-0.2, 0) is 11.8 Å². The number of aryl methyl sites for hydroxylation is 2. The van der Waals surface area contributed by atoms with Crippen molar-refractivity contribution >= 4 is 45.8 Å². The van der Waals surface area contributed by atoms with E-state index in [9.17, 15) is 9.59 Å². The molecule has 0 radical (unpaired) electrons. The number of hydrogen-bond donors (Lipinski definition) is 3. The fourth-order valence-electron chi connectivity index (χ4n) is 3.20. The largest absolute Gasteiger partial charge is 0.350 e. The molecule has 2 amide bonds. The second-order valence-electron chi connectivity index (χ2n) is 6.73. The normalized spacial score (nSPS) is 21.1. The van der Waals surface area contributed by atoms with Gasteiger partial charge in [-0.15, -0.1) is 23.7 Å². The minimum Gasteiger partial charge on any atom is -0.350 e. The highest BCUT2D eigenvalue weighted by atomic mass is 35.5. The lowest BCUT2D eigenvalue weighted by molar-refractivity contribution is -0.123. The van der Waals surface area contributed by atoms with Crippen molar-refractivity contribution in [1.29, 1.82) is 0 Å². The van der Waals surface area contributed by atoms with Crippen molar-refractivity contribution < 1.29 is 9.59 Å². The number of nitrogens with zero attached hydrogens (tertiary/aromatic N) is 2. The summed E-state index contributed by atoms with van der Waals surface area (Å²) in [6.07, 6.45) is 2.01. The topological polar surface area (TPSA) is 88.0 Å². The molecule has 144 valence electrons. The summed E-state index contributed by atoms with van der Waals surface area (Å²) >= 11 is 1.39. The van der Waals surface area contributed by atoms with Gasteiger partial charge in [-0.05, 0) is 46.2 Å². The number of carbonyl (C=O) groups is 2. The number of nitrogens with one attached hydrogen (secondary N) is 3. The summed E-state index contributed by atoms with van der Waals surface area (Å²) in [6, 6.07) is 1.62. The van der Waals surface area contributed by atoms with Crippen LogP contribution in [0.4, 0.5) is 0 Å². The SMILES string of the molecule is Cc1nn(C)c2sc(C(=O)NC(C)C(=O)NC3CCCNC3C)cc12.Cl. The van der Waals surface area contributed by atoms with Crippen LogP contribution in [0.1, 0.15) is 42.1 Å². The van der Waals surface area contributed by atoms with Crippen LogP contribution < -0.4 is 16.0 Å². The average Bonchev–Trinajstić information content (AvgIpc) is 3.11. The van der Waals surface area contributed by atoms with Crippen LogP contribution in [0.15, 0.2) is 6.07 Å². The lowest BCUT2D eigenvalue weighted by atomic mass is 9.99. The maximum atomic E-state index is 12.5. The molecule has 3 heterocycles. The first kappa shape index (κ1) is 20.7. The predicted molar refractivity (Wildman–Crippen MR) is 106 cm³/mol. The summed E-state index contributed by atoms with van der Waals surface area (Å²) in [7, 11) is 1.86. The van der Waals surface area contributed by atoms with Crippen LogP contribution >= 0.6 is 23.7 Å². The van der Waals surface area contributed by atoms with Gasteiger partial charge >= 0.3 is 0 Å². The van der Waals surface area contributed by atoms with E-state index < -0.39 is 6.04 Å². The number of fused-ring (bicyclic) bond motifs is 1. The third-order valence-electron chi connectivity index (χ3n) is 4.75. The van der Waals surface area contributed by atoms with Gasteiger partial charge in [0.15, 0.2) is 0 Å². The van der Waals surface area contributed by atoms with E-state index in [1.54, 1.807) is 11.6 Å². The van der Waals surface area contributed by atoms with E-state index in [0.717, 1.165) is 35.3 Å². The zero-order chi connectivity index (χ0) is 18.1. The fraction of sp³-hybridized carbons (Fsp3) is 0.588. The summed E-state index contributed by atoms with van der Waals surface area (Å²) in [5.41, 5.74) is 0.900. The molecular weight excluding hydrogens is 374 g/mol. The molecule has 2 aromatic heterocycles. The number of piperidine rings is 1. The van der Waals surface area contributed by atoms with Crippen molar-refractivity contribution in [2.75, 3.05) is 6.54 Å². The van der Waals surface area contributed by atoms with Gasteiger partial charge in [0.2, 0.25) is 5.91 Å². The molecule has 3 N–H and O–H groups in total. The molecule has 0 saturated carbocycles. The van der Waals surface area contributed by atoms with Crippen LogP contribution in [-0.4, -0.2) is 46.3 Å². The molecule has 0 bridgehead atoms. The summed E-state index contributed by atoms with van der Waals surface area (Å²) in [5.74, 6) is -0.370. The highest BCUT2D eigenvalue weighted by molar-refractivity contribution is 7.20. The highest BCUT2D eigenvalue weighted by Gasteiger charge is 2.26. The molecule has 1 fully saturated rings. The van der Waals surface area contributed by atoms with Gasteiger partial charge in [-0.3, -0.25) is 14.3 Å². The lowest BCUT2D eigenvalue weighted by Crippen LogP contribution is -2.55. The summed E-state index contributed by atoms with van der Waals surface area (Å²) in [6.45, 7) is 6.70. The smallest absolute Gasteiger partial charge is 0.262 e. The molecule has 0 spiro atoms. The first-order chi connectivity index (χ1) is 11.9. The number of amides is 2. The number of rotatable bonds is 4. The minimum absolute atomic E-state index is 0. The monoisotopic (exact) mass is 399 g/mol.